The van der Waals surface area contributed by atoms with Crippen LogP contribution in [0.3, 0.4) is 0 Å². The third-order valence-corrected chi connectivity index (χ3v) is 5.22. The summed E-state index contributed by atoms with van der Waals surface area (Å²) in [6.07, 6.45) is 2.48. The van der Waals surface area contributed by atoms with Crippen molar-refractivity contribution in [1.29, 1.82) is 0 Å². The van der Waals surface area contributed by atoms with Gasteiger partial charge in [-0.2, -0.15) is 5.10 Å². The molecule has 0 saturated carbocycles. The van der Waals surface area contributed by atoms with Crippen LogP contribution in [0, 0.1) is 13.8 Å². The van der Waals surface area contributed by atoms with Crippen molar-refractivity contribution in [1.82, 2.24) is 20.1 Å². The number of aryl methyl sites for hydroxylation is 1. The van der Waals surface area contributed by atoms with Crippen molar-refractivity contribution < 1.29 is 4.79 Å². The van der Waals surface area contributed by atoms with E-state index >= 15 is 0 Å². The minimum absolute atomic E-state index is 0.0676. The van der Waals surface area contributed by atoms with Crippen molar-refractivity contribution in [2.45, 2.75) is 20.3 Å². The van der Waals surface area contributed by atoms with Crippen molar-refractivity contribution in [3.63, 3.8) is 0 Å². The molecule has 0 aliphatic rings. The first-order chi connectivity index (χ1) is 14.6. The second kappa shape index (κ2) is 8.74. The molecule has 0 bridgehead atoms. The molecular weight excluding hydrogens is 372 g/mol. The van der Waals surface area contributed by atoms with E-state index in [9.17, 15) is 4.79 Å². The van der Waals surface area contributed by atoms with Crippen molar-refractivity contribution in [3.8, 4) is 16.9 Å². The SMILES string of the molecule is Cc1nn(-c2ccccn2)c(C)c1CCNC(=O)c1ccc(-c2ccccc2)cc1. The fourth-order valence-corrected chi connectivity index (χ4v) is 3.59. The molecule has 0 aliphatic heterocycles. The Labute approximate surface area is 176 Å². The third kappa shape index (κ3) is 4.15. The van der Waals surface area contributed by atoms with E-state index in [-0.39, 0.29) is 5.91 Å². The zero-order valence-corrected chi connectivity index (χ0v) is 17.2. The summed E-state index contributed by atoms with van der Waals surface area (Å²) < 4.78 is 1.86. The number of aromatic nitrogens is 3. The number of hydrogen-bond acceptors (Lipinski definition) is 3. The Morgan fingerprint density at radius 2 is 1.60 bits per heavy atom. The monoisotopic (exact) mass is 396 g/mol. The van der Waals surface area contributed by atoms with Gasteiger partial charge in [-0.15, -0.1) is 0 Å². The number of carbonyl (C=O) groups excluding carboxylic acids is 1. The van der Waals surface area contributed by atoms with E-state index < -0.39 is 0 Å². The van der Waals surface area contributed by atoms with E-state index in [1.807, 2.05) is 79.2 Å². The highest BCUT2D eigenvalue weighted by molar-refractivity contribution is 5.94. The highest BCUT2D eigenvalue weighted by Gasteiger charge is 2.14. The molecule has 150 valence electrons. The van der Waals surface area contributed by atoms with Crippen LogP contribution in [0.25, 0.3) is 16.9 Å². The summed E-state index contributed by atoms with van der Waals surface area (Å²) in [6.45, 7) is 4.58. The van der Waals surface area contributed by atoms with Crippen molar-refractivity contribution in [2.75, 3.05) is 6.54 Å². The van der Waals surface area contributed by atoms with Gasteiger partial charge in [0.15, 0.2) is 5.82 Å². The van der Waals surface area contributed by atoms with E-state index in [1.165, 1.54) is 0 Å². The quantitative estimate of drug-likeness (QED) is 0.521. The van der Waals surface area contributed by atoms with Crippen LogP contribution in [-0.2, 0) is 6.42 Å². The Bertz CT molecular complexity index is 1130. The molecule has 4 aromatic rings. The molecule has 0 radical (unpaired) electrons. The van der Waals surface area contributed by atoms with E-state index in [0.717, 1.165) is 40.3 Å². The lowest BCUT2D eigenvalue weighted by molar-refractivity contribution is 0.0954. The second-order valence-electron chi connectivity index (χ2n) is 7.20. The molecule has 0 saturated heterocycles. The summed E-state index contributed by atoms with van der Waals surface area (Å²) in [5.41, 5.74) is 6.04. The van der Waals surface area contributed by atoms with Crippen LogP contribution in [0.2, 0.25) is 0 Å². The molecule has 0 unspecified atom stereocenters. The largest absolute Gasteiger partial charge is 0.352 e. The number of carbonyl (C=O) groups is 1. The van der Waals surface area contributed by atoms with Gasteiger partial charge < -0.3 is 5.32 Å². The standard InChI is InChI=1S/C25H24N4O/c1-18-23(19(2)29(28-18)24-10-6-7-16-26-24)15-17-27-25(30)22-13-11-21(12-14-22)20-8-4-3-5-9-20/h3-14,16H,15,17H2,1-2H3,(H,27,30). The molecule has 30 heavy (non-hydrogen) atoms. The van der Waals surface area contributed by atoms with E-state index in [1.54, 1.807) is 6.20 Å². The van der Waals surface area contributed by atoms with Crippen LogP contribution in [0.15, 0.2) is 79.0 Å². The second-order valence-corrected chi connectivity index (χ2v) is 7.20. The van der Waals surface area contributed by atoms with Crippen LogP contribution >= 0.6 is 0 Å². The Balaban J connectivity index is 1.39. The van der Waals surface area contributed by atoms with Gasteiger partial charge in [0.25, 0.3) is 5.91 Å². The molecule has 5 heteroatoms. The average molecular weight is 396 g/mol. The molecule has 0 aliphatic carbocycles. The number of amides is 1. The predicted octanol–water partition coefficient (Wildman–Crippen LogP) is 4.52. The van der Waals surface area contributed by atoms with Gasteiger partial charge in [0.2, 0.25) is 0 Å². The Morgan fingerprint density at radius 1 is 0.900 bits per heavy atom. The maximum absolute atomic E-state index is 12.5. The Morgan fingerprint density at radius 3 is 2.30 bits per heavy atom. The van der Waals surface area contributed by atoms with Crippen LogP contribution in [0.1, 0.15) is 27.3 Å². The van der Waals surface area contributed by atoms with Crippen molar-refractivity contribution in [2.24, 2.45) is 0 Å². The van der Waals surface area contributed by atoms with Crippen LogP contribution in [0.4, 0.5) is 0 Å². The van der Waals surface area contributed by atoms with Gasteiger partial charge >= 0.3 is 0 Å². The number of hydrogen-bond donors (Lipinski definition) is 1. The van der Waals surface area contributed by atoms with Gasteiger partial charge in [-0.3, -0.25) is 4.79 Å². The molecule has 2 heterocycles. The lowest BCUT2D eigenvalue weighted by Crippen LogP contribution is -2.25. The summed E-state index contributed by atoms with van der Waals surface area (Å²) in [5, 5.41) is 7.63. The van der Waals surface area contributed by atoms with E-state index in [2.05, 4.69) is 27.5 Å². The topological polar surface area (TPSA) is 59.8 Å². The van der Waals surface area contributed by atoms with Gasteiger partial charge in [0.05, 0.1) is 5.69 Å². The molecule has 5 nitrogen and oxygen atoms in total. The first kappa shape index (κ1) is 19.6. The molecule has 4 rings (SSSR count). The van der Waals surface area contributed by atoms with Crippen molar-refractivity contribution in [3.05, 3.63) is 102 Å². The minimum Gasteiger partial charge on any atom is -0.352 e. The molecule has 2 aromatic heterocycles. The zero-order chi connectivity index (χ0) is 20.9. The molecule has 1 amide bonds. The highest BCUT2D eigenvalue weighted by atomic mass is 16.1. The summed E-state index contributed by atoms with van der Waals surface area (Å²) in [4.78, 5) is 16.9. The first-order valence-corrected chi connectivity index (χ1v) is 10.0. The fourth-order valence-electron chi connectivity index (χ4n) is 3.59. The van der Waals surface area contributed by atoms with Crippen molar-refractivity contribution >= 4 is 5.91 Å². The van der Waals surface area contributed by atoms with Gasteiger partial charge in [0, 0.05) is 24.0 Å². The molecule has 1 N–H and O–H groups in total. The van der Waals surface area contributed by atoms with Crippen LogP contribution in [0.5, 0.6) is 0 Å². The molecule has 2 aromatic carbocycles. The lowest BCUT2D eigenvalue weighted by Gasteiger charge is -2.08. The number of benzene rings is 2. The minimum atomic E-state index is -0.0676. The van der Waals surface area contributed by atoms with E-state index in [4.69, 9.17) is 0 Å². The molecule has 0 spiro atoms. The highest BCUT2D eigenvalue weighted by Crippen LogP contribution is 2.19. The van der Waals surface area contributed by atoms with Gasteiger partial charge in [-0.25, -0.2) is 9.67 Å². The maximum atomic E-state index is 12.5. The smallest absolute Gasteiger partial charge is 0.251 e. The van der Waals surface area contributed by atoms with Gasteiger partial charge in [-0.1, -0.05) is 48.5 Å². The first-order valence-electron chi connectivity index (χ1n) is 10.0. The zero-order valence-electron chi connectivity index (χ0n) is 17.2. The predicted molar refractivity (Wildman–Crippen MR) is 119 cm³/mol. The molecule has 0 fully saturated rings. The summed E-state index contributed by atoms with van der Waals surface area (Å²) in [7, 11) is 0. The average Bonchev–Trinajstić information content (AvgIpc) is 3.08. The van der Waals surface area contributed by atoms with Crippen LogP contribution < -0.4 is 5.32 Å². The molecular formula is C25H24N4O. The number of pyridine rings is 1. The van der Waals surface area contributed by atoms with E-state index in [0.29, 0.717) is 12.1 Å². The third-order valence-electron chi connectivity index (χ3n) is 5.22. The fraction of sp³-hybridized carbons (Fsp3) is 0.160. The number of nitrogens with zero attached hydrogens (tertiary/aromatic N) is 3. The Hall–Kier alpha value is -3.73. The normalized spacial score (nSPS) is 10.7. The summed E-state index contributed by atoms with van der Waals surface area (Å²) in [5.74, 6) is 0.730. The number of nitrogens with one attached hydrogen (secondary N) is 1. The van der Waals surface area contributed by atoms with Gasteiger partial charge in [-0.05, 0) is 61.2 Å². The Kier molecular flexibility index (Phi) is 5.70. The summed E-state index contributed by atoms with van der Waals surface area (Å²) in [6, 6.07) is 23.6. The maximum Gasteiger partial charge on any atom is 0.251 e. The van der Waals surface area contributed by atoms with Gasteiger partial charge in [0.1, 0.15) is 0 Å². The number of rotatable bonds is 6. The summed E-state index contributed by atoms with van der Waals surface area (Å²) >= 11 is 0. The lowest BCUT2D eigenvalue weighted by atomic mass is 10.0. The molecule has 0 atom stereocenters. The van der Waals surface area contributed by atoms with Crippen LogP contribution in [-0.4, -0.2) is 27.2 Å².